The number of amides is 1. The molecule has 0 N–H and O–H groups in total. The summed E-state index contributed by atoms with van der Waals surface area (Å²) in [4.78, 5) is 14.9. The monoisotopic (exact) mass is 329 g/mol. The molecular weight excluding hydrogens is 310 g/mol. The molecule has 0 radical (unpaired) electrons. The second-order valence-electron chi connectivity index (χ2n) is 5.82. The van der Waals surface area contributed by atoms with Gasteiger partial charge < -0.3 is 9.64 Å². The lowest BCUT2D eigenvalue weighted by atomic mass is 10.1. The Morgan fingerprint density at radius 2 is 2.13 bits per heavy atom. The zero-order chi connectivity index (χ0) is 15.6. The Hall–Kier alpha value is -1.79. The quantitative estimate of drug-likeness (QED) is 0.848. The first-order valence-corrected chi connectivity index (χ1v) is 8.99. The molecule has 0 aliphatic carbocycles. The fourth-order valence-corrected chi connectivity index (χ4v) is 4.55. The van der Waals surface area contributed by atoms with Crippen LogP contribution in [0.25, 0.3) is 5.69 Å². The highest BCUT2D eigenvalue weighted by atomic mass is 32.2. The van der Waals surface area contributed by atoms with E-state index in [0.29, 0.717) is 10.9 Å². The van der Waals surface area contributed by atoms with Gasteiger partial charge in [-0.3, -0.25) is 4.79 Å². The highest BCUT2D eigenvalue weighted by Gasteiger charge is 2.37. The molecule has 2 aliphatic heterocycles. The first-order chi connectivity index (χ1) is 11.3. The zero-order valence-corrected chi connectivity index (χ0v) is 13.6. The zero-order valence-electron chi connectivity index (χ0n) is 12.8. The van der Waals surface area contributed by atoms with Crippen LogP contribution in [0, 0.1) is 0 Å². The molecule has 120 valence electrons. The highest BCUT2D eigenvalue weighted by Crippen LogP contribution is 2.31. The van der Waals surface area contributed by atoms with Crippen LogP contribution in [0.2, 0.25) is 0 Å². The standard InChI is InChI=1S/C17H19N3O2S/c21-17(19-9-11-23-16-12-22-10-7-15(16)19)14-6-8-20(18-14)13-4-2-1-3-5-13/h1-6,8,15-16H,7,9-12H2/t15-,16-/m1/s1. The van der Waals surface area contributed by atoms with E-state index in [1.807, 2.05) is 59.3 Å². The van der Waals surface area contributed by atoms with Crippen LogP contribution in [-0.4, -0.2) is 57.4 Å². The molecule has 2 fully saturated rings. The smallest absolute Gasteiger partial charge is 0.274 e. The van der Waals surface area contributed by atoms with Crippen molar-refractivity contribution in [3.05, 3.63) is 48.3 Å². The molecule has 2 aromatic rings. The maximum Gasteiger partial charge on any atom is 0.274 e. The van der Waals surface area contributed by atoms with Crippen molar-refractivity contribution in [2.45, 2.75) is 17.7 Å². The van der Waals surface area contributed by atoms with Gasteiger partial charge in [0.05, 0.1) is 12.3 Å². The maximum atomic E-state index is 12.9. The van der Waals surface area contributed by atoms with Gasteiger partial charge in [-0.1, -0.05) is 18.2 Å². The lowest BCUT2D eigenvalue weighted by Gasteiger charge is -2.43. The van der Waals surface area contributed by atoms with Crippen molar-refractivity contribution in [1.82, 2.24) is 14.7 Å². The Labute approximate surface area is 139 Å². The molecule has 0 unspecified atom stereocenters. The van der Waals surface area contributed by atoms with Gasteiger partial charge in [0.15, 0.2) is 5.69 Å². The third-order valence-electron chi connectivity index (χ3n) is 4.42. The van der Waals surface area contributed by atoms with Crippen molar-refractivity contribution in [2.24, 2.45) is 0 Å². The van der Waals surface area contributed by atoms with Crippen LogP contribution < -0.4 is 0 Å². The number of thioether (sulfide) groups is 1. The van der Waals surface area contributed by atoms with E-state index in [4.69, 9.17) is 4.74 Å². The van der Waals surface area contributed by atoms with Crippen molar-refractivity contribution < 1.29 is 9.53 Å². The number of nitrogens with zero attached hydrogens (tertiary/aromatic N) is 3. The molecule has 4 rings (SSSR count). The minimum atomic E-state index is 0.0388. The summed E-state index contributed by atoms with van der Waals surface area (Å²) < 4.78 is 7.31. The topological polar surface area (TPSA) is 47.4 Å². The van der Waals surface area contributed by atoms with E-state index in [1.54, 1.807) is 4.68 Å². The van der Waals surface area contributed by atoms with Crippen molar-refractivity contribution in [2.75, 3.05) is 25.5 Å². The highest BCUT2D eigenvalue weighted by molar-refractivity contribution is 8.00. The van der Waals surface area contributed by atoms with Gasteiger partial charge in [0.1, 0.15) is 0 Å². The SMILES string of the molecule is O=C(c1ccn(-c2ccccc2)n1)N1CCS[C@@H]2COCC[C@H]21. The average Bonchev–Trinajstić information content (AvgIpc) is 3.11. The summed E-state index contributed by atoms with van der Waals surface area (Å²) in [5, 5.41) is 4.88. The number of ether oxygens (including phenoxy) is 1. The molecule has 2 saturated heterocycles. The molecule has 0 bridgehead atoms. The molecule has 2 atom stereocenters. The van der Waals surface area contributed by atoms with E-state index in [-0.39, 0.29) is 11.9 Å². The van der Waals surface area contributed by atoms with Gasteiger partial charge >= 0.3 is 0 Å². The first kappa shape index (κ1) is 14.8. The predicted molar refractivity (Wildman–Crippen MR) is 90.1 cm³/mol. The van der Waals surface area contributed by atoms with E-state index in [1.165, 1.54) is 0 Å². The molecule has 2 aliphatic rings. The van der Waals surface area contributed by atoms with Crippen LogP contribution in [0.3, 0.4) is 0 Å². The van der Waals surface area contributed by atoms with E-state index < -0.39 is 0 Å². The Morgan fingerprint density at radius 3 is 3.00 bits per heavy atom. The lowest BCUT2D eigenvalue weighted by molar-refractivity contribution is 0.0315. The number of hydrogen-bond acceptors (Lipinski definition) is 4. The number of rotatable bonds is 2. The Kier molecular flexibility index (Phi) is 4.10. The number of aromatic nitrogens is 2. The van der Waals surface area contributed by atoms with E-state index in [9.17, 15) is 4.79 Å². The number of carbonyl (C=O) groups excluding carboxylic acids is 1. The molecular formula is C17H19N3O2S. The minimum Gasteiger partial charge on any atom is -0.380 e. The maximum absolute atomic E-state index is 12.9. The number of carbonyl (C=O) groups is 1. The van der Waals surface area contributed by atoms with Gasteiger partial charge in [0, 0.05) is 36.4 Å². The molecule has 6 heteroatoms. The summed E-state index contributed by atoms with van der Waals surface area (Å²) in [6.07, 6.45) is 2.77. The summed E-state index contributed by atoms with van der Waals surface area (Å²) in [5.41, 5.74) is 1.48. The van der Waals surface area contributed by atoms with Gasteiger partial charge in [-0.05, 0) is 24.6 Å². The van der Waals surface area contributed by atoms with Crippen LogP contribution in [0.1, 0.15) is 16.9 Å². The van der Waals surface area contributed by atoms with Crippen molar-refractivity contribution in [3.8, 4) is 5.69 Å². The third kappa shape index (κ3) is 2.88. The van der Waals surface area contributed by atoms with E-state index >= 15 is 0 Å². The average molecular weight is 329 g/mol. The summed E-state index contributed by atoms with van der Waals surface area (Å²) >= 11 is 1.92. The Morgan fingerprint density at radius 1 is 1.26 bits per heavy atom. The van der Waals surface area contributed by atoms with Gasteiger partial charge in [0.25, 0.3) is 5.91 Å². The largest absolute Gasteiger partial charge is 0.380 e. The summed E-state index contributed by atoms with van der Waals surface area (Å²) in [7, 11) is 0. The predicted octanol–water partition coefficient (Wildman–Crippen LogP) is 2.22. The van der Waals surface area contributed by atoms with Gasteiger partial charge in [-0.2, -0.15) is 16.9 Å². The fraction of sp³-hybridized carbons (Fsp3) is 0.412. The molecule has 5 nitrogen and oxygen atoms in total. The molecule has 23 heavy (non-hydrogen) atoms. The molecule has 1 aromatic carbocycles. The lowest BCUT2D eigenvalue weighted by Crippen LogP contribution is -2.54. The van der Waals surface area contributed by atoms with E-state index in [0.717, 1.165) is 37.6 Å². The third-order valence-corrected chi connectivity index (χ3v) is 5.72. The van der Waals surface area contributed by atoms with E-state index in [2.05, 4.69) is 5.10 Å². The van der Waals surface area contributed by atoms with Crippen LogP contribution in [0.4, 0.5) is 0 Å². The van der Waals surface area contributed by atoms with Crippen LogP contribution >= 0.6 is 11.8 Å². The fourth-order valence-electron chi connectivity index (χ4n) is 3.25. The number of para-hydroxylation sites is 1. The normalized spacial score (nSPS) is 24.3. The number of fused-ring (bicyclic) bond motifs is 1. The molecule has 0 saturated carbocycles. The van der Waals surface area contributed by atoms with Crippen LogP contribution in [0.15, 0.2) is 42.6 Å². The molecule has 0 spiro atoms. The van der Waals surface area contributed by atoms with Gasteiger partial charge in [-0.25, -0.2) is 4.68 Å². The van der Waals surface area contributed by atoms with Crippen molar-refractivity contribution >= 4 is 17.7 Å². The number of benzene rings is 1. The van der Waals surface area contributed by atoms with Crippen LogP contribution in [0.5, 0.6) is 0 Å². The van der Waals surface area contributed by atoms with Crippen LogP contribution in [-0.2, 0) is 4.74 Å². The Bertz CT molecular complexity index is 686. The second kappa shape index (κ2) is 6.37. The number of hydrogen-bond donors (Lipinski definition) is 0. The van der Waals surface area contributed by atoms with Crippen molar-refractivity contribution in [1.29, 1.82) is 0 Å². The van der Waals surface area contributed by atoms with Gasteiger partial charge in [-0.15, -0.1) is 0 Å². The summed E-state index contributed by atoms with van der Waals surface area (Å²) in [6, 6.07) is 11.9. The second-order valence-corrected chi connectivity index (χ2v) is 7.17. The molecule has 3 heterocycles. The van der Waals surface area contributed by atoms with Crippen molar-refractivity contribution in [3.63, 3.8) is 0 Å². The molecule has 1 amide bonds. The van der Waals surface area contributed by atoms with Gasteiger partial charge in [0.2, 0.25) is 0 Å². The Balaban J connectivity index is 1.56. The summed E-state index contributed by atoms with van der Waals surface area (Å²) in [5.74, 6) is 1.01. The summed E-state index contributed by atoms with van der Waals surface area (Å²) in [6.45, 7) is 2.28. The minimum absolute atomic E-state index is 0.0388. The molecule has 1 aromatic heterocycles. The first-order valence-electron chi connectivity index (χ1n) is 7.94.